The second-order valence-corrected chi connectivity index (χ2v) is 8.20. The van der Waals surface area contributed by atoms with E-state index in [9.17, 15) is 4.79 Å². The molecule has 166 valence electrons. The van der Waals surface area contributed by atoms with E-state index in [1.165, 1.54) is 76.2 Å². The molecule has 1 aromatic rings. The molecule has 0 N–H and O–H groups in total. The van der Waals surface area contributed by atoms with Crippen molar-refractivity contribution in [2.45, 2.75) is 117 Å². The van der Waals surface area contributed by atoms with Gasteiger partial charge in [-0.2, -0.15) is 0 Å². The third-order valence-electron chi connectivity index (χ3n) is 5.47. The molecule has 0 aliphatic rings. The molecule has 3 heteroatoms. The number of ether oxygens (including phenoxy) is 2. The molecule has 0 atom stereocenters. The van der Waals surface area contributed by atoms with E-state index < -0.39 is 0 Å². The van der Waals surface area contributed by atoms with Gasteiger partial charge < -0.3 is 9.47 Å². The van der Waals surface area contributed by atoms with Gasteiger partial charge in [-0.3, -0.25) is 4.79 Å². The van der Waals surface area contributed by atoms with E-state index in [-0.39, 0.29) is 5.97 Å². The highest BCUT2D eigenvalue weighted by Gasteiger charge is 2.10. The third-order valence-corrected chi connectivity index (χ3v) is 5.47. The van der Waals surface area contributed by atoms with Gasteiger partial charge in [-0.25, -0.2) is 0 Å². The second kappa shape index (κ2) is 17.4. The van der Waals surface area contributed by atoms with E-state index in [0.717, 1.165) is 25.7 Å². The van der Waals surface area contributed by atoms with Crippen molar-refractivity contribution < 1.29 is 14.3 Å². The molecule has 0 unspecified atom stereocenters. The van der Waals surface area contributed by atoms with Crippen molar-refractivity contribution in [3.63, 3.8) is 0 Å². The smallest absolute Gasteiger partial charge is 0.311 e. The van der Waals surface area contributed by atoms with Crippen molar-refractivity contribution in [1.29, 1.82) is 0 Å². The molecule has 0 aliphatic heterocycles. The van der Waals surface area contributed by atoms with Gasteiger partial charge >= 0.3 is 5.97 Å². The van der Waals surface area contributed by atoms with Crippen LogP contribution in [0.2, 0.25) is 0 Å². The quantitative estimate of drug-likeness (QED) is 0.141. The van der Waals surface area contributed by atoms with E-state index >= 15 is 0 Å². The van der Waals surface area contributed by atoms with E-state index in [2.05, 4.69) is 13.8 Å². The lowest BCUT2D eigenvalue weighted by Gasteiger charge is -2.11. The van der Waals surface area contributed by atoms with Crippen LogP contribution in [0.1, 0.15) is 116 Å². The number of benzene rings is 1. The van der Waals surface area contributed by atoms with Gasteiger partial charge in [0.05, 0.1) is 7.11 Å². The summed E-state index contributed by atoms with van der Waals surface area (Å²) in [5.41, 5.74) is 1.21. The number of methoxy groups -OCH3 is 1. The van der Waals surface area contributed by atoms with Crippen LogP contribution in [-0.2, 0) is 11.2 Å². The minimum Gasteiger partial charge on any atom is -0.493 e. The Morgan fingerprint density at radius 1 is 0.724 bits per heavy atom. The van der Waals surface area contributed by atoms with Gasteiger partial charge in [0.2, 0.25) is 0 Å². The Bertz CT molecular complexity index is 539. The summed E-state index contributed by atoms with van der Waals surface area (Å²) in [5, 5.41) is 0. The van der Waals surface area contributed by atoms with Crippen molar-refractivity contribution >= 4 is 5.97 Å². The zero-order valence-electron chi connectivity index (χ0n) is 19.3. The molecule has 29 heavy (non-hydrogen) atoms. The number of carbonyl (C=O) groups excluding carboxylic acids is 1. The lowest BCUT2D eigenvalue weighted by molar-refractivity contribution is -0.134. The highest BCUT2D eigenvalue weighted by molar-refractivity contribution is 5.73. The predicted octanol–water partition coefficient (Wildman–Crippen LogP) is 8.03. The van der Waals surface area contributed by atoms with Crippen LogP contribution in [0.4, 0.5) is 0 Å². The Balaban J connectivity index is 2.04. The Hall–Kier alpha value is -1.51. The summed E-state index contributed by atoms with van der Waals surface area (Å²) in [6.45, 7) is 4.42. The molecule has 0 bridgehead atoms. The van der Waals surface area contributed by atoms with Crippen LogP contribution in [0.25, 0.3) is 0 Å². The molecule has 0 aliphatic carbocycles. The molecule has 1 aromatic carbocycles. The van der Waals surface area contributed by atoms with Crippen LogP contribution >= 0.6 is 0 Å². The molecule has 0 spiro atoms. The largest absolute Gasteiger partial charge is 0.493 e. The van der Waals surface area contributed by atoms with E-state index in [1.54, 1.807) is 7.11 Å². The number of unbranched alkanes of at least 4 members (excludes halogenated alkanes) is 12. The van der Waals surface area contributed by atoms with Crippen LogP contribution in [0, 0.1) is 0 Å². The summed E-state index contributed by atoms with van der Waals surface area (Å²) in [4.78, 5) is 12.1. The highest BCUT2D eigenvalue weighted by Crippen LogP contribution is 2.29. The first kappa shape index (κ1) is 25.5. The summed E-state index contributed by atoms with van der Waals surface area (Å²) in [7, 11) is 1.62. The first-order chi connectivity index (χ1) is 14.2. The van der Waals surface area contributed by atoms with E-state index in [0.29, 0.717) is 17.9 Å². The summed E-state index contributed by atoms with van der Waals surface area (Å²) < 4.78 is 10.9. The Labute approximate surface area is 179 Å². The van der Waals surface area contributed by atoms with Crippen molar-refractivity contribution in [2.24, 2.45) is 0 Å². The number of esters is 1. The zero-order chi connectivity index (χ0) is 21.2. The zero-order valence-corrected chi connectivity index (χ0v) is 19.3. The minimum absolute atomic E-state index is 0.158. The maximum absolute atomic E-state index is 12.1. The summed E-state index contributed by atoms with van der Waals surface area (Å²) in [5.74, 6) is 1.02. The molecular weight excluding hydrogens is 360 g/mol. The van der Waals surface area contributed by atoms with Crippen molar-refractivity contribution in [2.75, 3.05) is 7.11 Å². The van der Waals surface area contributed by atoms with E-state index in [4.69, 9.17) is 9.47 Å². The maximum atomic E-state index is 12.1. The van der Waals surface area contributed by atoms with Crippen LogP contribution in [0.5, 0.6) is 11.5 Å². The van der Waals surface area contributed by atoms with Crippen LogP contribution in [0.3, 0.4) is 0 Å². The molecule has 0 amide bonds. The topological polar surface area (TPSA) is 35.5 Å². The third kappa shape index (κ3) is 12.6. The van der Waals surface area contributed by atoms with Gasteiger partial charge in [0.1, 0.15) is 0 Å². The summed E-state index contributed by atoms with van der Waals surface area (Å²) in [6, 6.07) is 5.84. The van der Waals surface area contributed by atoms with Crippen molar-refractivity contribution in [3.8, 4) is 11.5 Å². The average Bonchev–Trinajstić information content (AvgIpc) is 2.72. The standard InChI is InChI=1S/C26H44O3/c1-4-6-7-8-9-10-11-12-13-14-15-16-17-19-26(27)29-24-21-20-23(18-5-2)22-25(24)28-3/h20-22H,4-19H2,1-3H3. The maximum Gasteiger partial charge on any atom is 0.311 e. The van der Waals surface area contributed by atoms with Crippen LogP contribution < -0.4 is 9.47 Å². The van der Waals surface area contributed by atoms with Gasteiger partial charge in [0, 0.05) is 6.42 Å². The molecule has 0 radical (unpaired) electrons. The molecule has 1 rings (SSSR count). The average molecular weight is 405 g/mol. The van der Waals surface area contributed by atoms with Gasteiger partial charge in [0.15, 0.2) is 11.5 Å². The molecule has 0 fully saturated rings. The number of carbonyl (C=O) groups is 1. The number of hydrogen-bond donors (Lipinski definition) is 0. The van der Waals surface area contributed by atoms with Crippen molar-refractivity contribution in [3.05, 3.63) is 23.8 Å². The van der Waals surface area contributed by atoms with Crippen molar-refractivity contribution in [1.82, 2.24) is 0 Å². The minimum atomic E-state index is -0.158. The number of rotatable bonds is 18. The molecule has 0 saturated carbocycles. The molecule has 0 saturated heterocycles. The fraction of sp³-hybridized carbons (Fsp3) is 0.731. The van der Waals surface area contributed by atoms with E-state index in [1.807, 2.05) is 18.2 Å². The van der Waals surface area contributed by atoms with Crippen LogP contribution in [0.15, 0.2) is 18.2 Å². The lowest BCUT2D eigenvalue weighted by Crippen LogP contribution is -2.08. The summed E-state index contributed by atoms with van der Waals surface area (Å²) in [6.07, 6.45) is 19.6. The summed E-state index contributed by atoms with van der Waals surface area (Å²) >= 11 is 0. The molecule has 0 heterocycles. The molecule has 0 aromatic heterocycles. The second-order valence-electron chi connectivity index (χ2n) is 8.20. The Morgan fingerprint density at radius 3 is 1.79 bits per heavy atom. The highest BCUT2D eigenvalue weighted by atomic mass is 16.6. The van der Waals surface area contributed by atoms with Crippen LogP contribution in [-0.4, -0.2) is 13.1 Å². The fourth-order valence-corrected chi connectivity index (χ4v) is 3.70. The Kier molecular flexibility index (Phi) is 15.3. The first-order valence-corrected chi connectivity index (χ1v) is 12.1. The SMILES string of the molecule is CCCCCCCCCCCCCCCC(=O)Oc1ccc(CCC)cc1OC. The Morgan fingerprint density at radius 2 is 1.28 bits per heavy atom. The number of aryl methyl sites for hydroxylation is 1. The first-order valence-electron chi connectivity index (χ1n) is 12.1. The number of hydrogen-bond acceptors (Lipinski definition) is 3. The van der Waals surface area contributed by atoms with Gasteiger partial charge in [-0.05, 0) is 30.5 Å². The predicted molar refractivity (Wildman–Crippen MR) is 123 cm³/mol. The fourth-order valence-electron chi connectivity index (χ4n) is 3.70. The lowest BCUT2D eigenvalue weighted by atomic mass is 10.0. The monoisotopic (exact) mass is 404 g/mol. The normalized spacial score (nSPS) is 10.9. The van der Waals surface area contributed by atoms with Gasteiger partial charge in [-0.15, -0.1) is 0 Å². The van der Waals surface area contributed by atoms with Gasteiger partial charge in [-0.1, -0.05) is 103 Å². The van der Waals surface area contributed by atoms with Gasteiger partial charge in [0.25, 0.3) is 0 Å². The molecule has 3 nitrogen and oxygen atoms in total. The molecular formula is C26H44O3.